The van der Waals surface area contributed by atoms with Crippen molar-refractivity contribution in [3.8, 4) is 11.1 Å². The lowest BCUT2D eigenvalue weighted by Crippen LogP contribution is -2.46. The van der Waals surface area contributed by atoms with Crippen molar-refractivity contribution in [3.63, 3.8) is 0 Å². The van der Waals surface area contributed by atoms with E-state index in [1.807, 2.05) is 34.6 Å². The number of imidazole rings is 1. The van der Waals surface area contributed by atoms with Gasteiger partial charge in [-0.2, -0.15) is 5.10 Å². The Labute approximate surface area is 242 Å². The summed E-state index contributed by atoms with van der Waals surface area (Å²) in [5, 5.41) is 18.3. The highest BCUT2D eigenvalue weighted by Crippen LogP contribution is 2.43. The van der Waals surface area contributed by atoms with Crippen molar-refractivity contribution in [2.24, 2.45) is 14.1 Å². The van der Waals surface area contributed by atoms with Gasteiger partial charge in [0.25, 0.3) is 0 Å². The Hall–Kier alpha value is -3.61. The Kier molecular flexibility index (Phi) is 6.74. The molecule has 13 heteroatoms. The maximum absolute atomic E-state index is 13.6. The quantitative estimate of drug-likeness (QED) is 0.188. The molecule has 4 aromatic heterocycles. The molecule has 0 saturated heterocycles. The van der Waals surface area contributed by atoms with Crippen molar-refractivity contribution in [1.82, 2.24) is 33.8 Å². The van der Waals surface area contributed by atoms with E-state index in [0.29, 0.717) is 35.8 Å². The smallest absolute Gasteiger partial charge is 0.404 e. The van der Waals surface area contributed by atoms with Gasteiger partial charge in [-0.1, -0.05) is 37.3 Å². The average Bonchev–Trinajstić information content (AvgIpc) is 3.48. The molecule has 0 spiro atoms. The zero-order valence-electron chi connectivity index (χ0n) is 23.8. The number of hydrogen-bond acceptors (Lipinski definition) is 5. The summed E-state index contributed by atoms with van der Waals surface area (Å²) in [6, 6.07) is 6.76. The van der Waals surface area contributed by atoms with E-state index < -0.39 is 14.2 Å². The largest absolute Gasteiger partial charge is 0.465 e. The van der Waals surface area contributed by atoms with E-state index in [1.165, 1.54) is 0 Å². The predicted molar refractivity (Wildman–Crippen MR) is 163 cm³/mol. The number of amides is 1. The Morgan fingerprint density at radius 1 is 1.20 bits per heavy atom. The fraction of sp³-hybridized carbons (Fsp3) is 0.429. The standard InChI is InChI=1S/C28H34ClN7O4Si/c1-33-21-14-30-26-23(24(21)36(28(33)39)19-11-18(12-19)32-27(37)38)22(16-6-7-20-17(10-16)13-31-34(20)2)25(29)35(26)15-40-8-9-41(3,4)5/h6-7,10,13-14,18-19,32H,8-9,11-12,15H2,1-5H3,(H,37,38). The molecule has 1 aliphatic carbocycles. The zero-order chi connectivity index (χ0) is 29.2. The number of halogens is 1. The third-order valence-corrected chi connectivity index (χ3v) is 10.2. The van der Waals surface area contributed by atoms with Crippen molar-refractivity contribution < 1.29 is 14.6 Å². The van der Waals surface area contributed by atoms with Crippen LogP contribution in [0.3, 0.4) is 0 Å². The van der Waals surface area contributed by atoms with Crippen LogP contribution in [0.4, 0.5) is 4.79 Å². The van der Waals surface area contributed by atoms with Crippen LogP contribution in [0.5, 0.6) is 0 Å². The Bertz CT molecular complexity index is 1870. The maximum atomic E-state index is 13.6. The molecule has 0 atom stereocenters. The molecule has 0 unspecified atom stereocenters. The van der Waals surface area contributed by atoms with Crippen LogP contribution in [-0.2, 0) is 25.6 Å². The molecule has 0 aliphatic heterocycles. The second kappa shape index (κ2) is 10.0. The highest BCUT2D eigenvalue weighted by molar-refractivity contribution is 6.76. The van der Waals surface area contributed by atoms with Gasteiger partial charge in [0.1, 0.15) is 17.5 Å². The van der Waals surface area contributed by atoms with Crippen LogP contribution in [0.15, 0.2) is 35.4 Å². The summed E-state index contributed by atoms with van der Waals surface area (Å²) in [6.07, 6.45) is 3.53. The van der Waals surface area contributed by atoms with E-state index in [0.717, 1.165) is 39.0 Å². The van der Waals surface area contributed by atoms with Gasteiger partial charge >= 0.3 is 11.8 Å². The molecule has 11 nitrogen and oxygen atoms in total. The minimum Gasteiger partial charge on any atom is -0.465 e. The minimum absolute atomic E-state index is 0.155. The molecule has 1 aromatic carbocycles. The van der Waals surface area contributed by atoms with Gasteiger partial charge in [-0.05, 0) is 36.6 Å². The van der Waals surface area contributed by atoms with Crippen molar-refractivity contribution >= 4 is 58.7 Å². The van der Waals surface area contributed by atoms with Gasteiger partial charge in [0.05, 0.1) is 34.3 Å². The van der Waals surface area contributed by atoms with E-state index in [9.17, 15) is 9.59 Å². The number of rotatable bonds is 8. The van der Waals surface area contributed by atoms with E-state index in [1.54, 1.807) is 22.4 Å². The summed E-state index contributed by atoms with van der Waals surface area (Å²) in [5.74, 6) is 0. The Morgan fingerprint density at radius 2 is 1.95 bits per heavy atom. The highest BCUT2D eigenvalue weighted by Gasteiger charge is 2.36. The Balaban J connectivity index is 1.55. The molecule has 216 valence electrons. The zero-order valence-corrected chi connectivity index (χ0v) is 25.6. The number of benzene rings is 1. The van der Waals surface area contributed by atoms with E-state index in [4.69, 9.17) is 26.4 Å². The molecule has 4 heterocycles. The number of hydrogen-bond donors (Lipinski definition) is 2. The Morgan fingerprint density at radius 3 is 2.66 bits per heavy atom. The van der Waals surface area contributed by atoms with Gasteiger partial charge in [0, 0.05) is 51.8 Å². The van der Waals surface area contributed by atoms with Crippen LogP contribution >= 0.6 is 11.6 Å². The molecule has 41 heavy (non-hydrogen) atoms. The molecular formula is C28H34ClN7O4Si. The second-order valence-electron chi connectivity index (χ2n) is 12.2. The van der Waals surface area contributed by atoms with Crippen LogP contribution in [0.2, 0.25) is 30.8 Å². The van der Waals surface area contributed by atoms with Crippen LogP contribution in [0.25, 0.3) is 44.1 Å². The molecule has 1 fully saturated rings. The van der Waals surface area contributed by atoms with Crippen LogP contribution in [-0.4, -0.2) is 60.4 Å². The first kappa shape index (κ1) is 27.6. The molecular weight excluding hydrogens is 562 g/mol. The summed E-state index contributed by atoms with van der Waals surface area (Å²) in [5.41, 5.74) is 4.55. The lowest BCUT2D eigenvalue weighted by Gasteiger charge is -2.35. The topological polar surface area (TPSA) is 121 Å². The first-order chi connectivity index (χ1) is 19.4. The molecule has 0 bridgehead atoms. The lowest BCUT2D eigenvalue weighted by molar-refractivity contribution is 0.0901. The van der Waals surface area contributed by atoms with Crippen molar-refractivity contribution in [1.29, 1.82) is 0 Å². The number of fused-ring (bicyclic) bond motifs is 4. The number of pyridine rings is 1. The normalized spacial score (nSPS) is 17.5. The molecule has 1 amide bonds. The van der Waals surface area contributed by atoms with Gasteiger partial charge in [-0.15, -0.1) is 0 Å². The van der Waals surface area contributed by atoms with E-state index in [-0.39, 0.29) is 24.5 Å². The number of carboxylic acid groups (broad SMARTS) is 1. The molecule has 6 rings (SSSR count). The van der Waals surface area contributed by atoms with Gasteiger partial charge < -0.3 is 15.2 Å². The van der Waals surface area contributed by atoms with Crippen molar-refractivity contribution in [3.05, 3.63) is 46.2 Å². The average molecular weight is 596 g/mol. The number of carbonyl (C=O) groups is 1. The third kappa shape index (κ3) is 4.73. The maximum Gasteiger partial charge on any atom is 0.404 e. The molecule has 0 radical (unpaired) electrons. The fourth-order valence-corrected chi connectivity index (χ4v) is 6.85. The van der Waals surface area contributed by atoms with E-state index >= 15 is 0 Å². The number of nitrogens with one attached hydrogen (secondary N) is 1. The van der Waals surface area contributed by atoms with Crippen LogP contribution in [0, 0.1) is 0 Å². The van der Waals surface area contributed by atoms with Gasteiger partial charge in [-0.3, -0.25) is 18.4 Å². The van der Waals surface area contributed by atoms with Crippen molar-refractivity contribution in [2.75, 3.05) is 6.61 Å². The molecule has 1 saturated carbocycles. The summed E-state index contributed by atoms with van der Waals surface area (Å²) in [4.78, 5) is 29.6. The third-order valence-electron chi connectivity index (χ3n) is 8.11. The second-order valence-corrected chi connectivity index (χ2v) is 18.1. The van der Waals surface area contributed by atoms with Gasteiger partial charge in [0.15, 0.2) is 0 Å². The van der Waals surface area contributed by atoms with Crippen molar-refractivity contribution in [2.45, 2.75) is 57.3 Å². The molecule has 1 aliphatic rings. The lowest BCUT2D eigenvalue weighted by atomic mass is 9.86. The molecule has 2 N–H and O–H groups in total. The SMILES string of the molecule is Cn1ncc2cc(-c3c(Cl)n(COCC[Si](C)(C)C)c4ncc5c(c34)n(C3CC(NC(=O)O)C3)c(=O)n5C)ccc21. The summed E-state index contributed by atoms with van der Waals surface area (Å²) >= 11 is 7.18. The summed E-state index contributed by atoms with van der Waals surface area (Å²) in [6.45, 7) is 7.79. The van der Waals surface area contributed by atoms with Gasteiger partial charge in [-0.25, -0.2) is 14.6 Å². The minimum atomic E-state index is -1.28. The fourth-order valence-electron chi connectivity index (χ4n) is 5.76. The predicted octanol–water partition coefficient (Wildman–Crippen LogP) is 5.18. The van der Waals surface area contributed by atoms with E-state index in [2.05, 4.69) is 36.1 Å². The number of aromatic nitrogens is 6. The monoisotopic (exact) mass is 595 g/mol. The number of aryl methyl sites for hydroxylation is 2. The first-order valence-corrected chi connectivity index (χ1v) is 17.8. The van der Waals surface area contributed by atoms with Gasteiger partial charge in [0.2, 0.25) is 0 Å². The molecule has 5 aromatic rings. The highest BCUT2D eigenvalue weighted by atomic mass is 35.5. The number of ether oxygens (including phenoxy) is 1. The van der Waals surface area contributed by atoms with Crippen LogP contribution < -0.4 is 11.0 Å². The summed E-state index contributed by atoms with van der Waals surface area (Å²) < 4.78 is 13.2. The number of nitrogens with zero attached hydrogens (tertiary/aromatic N) is 6. The first-order valence-electron chi connectivity index (χ1n) is 13.7. The summed E-state index contributed by atoms with van der Waals surface area (Å²) in [7, 11) is 2.36. The van der Waals surface area contributed by atoms with Crippen LogP contribution in [0.1, 0.15) is 18.9 Å².